The van der Waals surface area contributed by atoms with Crippen LogP contribution in [-0.4, -0.2) is 38.8 Å². The molecule has 2 aromatic carbocycles. The summed E-state index contributed by atoms with van der Waals surface area (Å²) in [5.74, 6) is 0.219. The van der Waals surface area contributed by atoms with Crippen LogP contribution in [0.25, 0.3) is 0 Å². The topological polar surface area (TPSA) is 75.7 Å². The molecule has 146 valence electrons. The van der Waals surface area contributed by atoms with Crippen molar-refractivity contribution < 1.29 is 17.9 Å². The van der Waals surface area contributed by atoms with Crippen LogP contribution < -0.4 is 10.1 Å². The van der Waals surface area contributed by atoms with Gasteiger partial charge in [0.2, 0.25) is 15.9 Å². The molecule has 0 unspecified atom stereocenters. The molecule has 0 atom stereocenters. The van der Waals surface area contributed by atoms with Crippen LogP contribution in [0.5, 0.6) is 5.75 Å². The number of nitrogens with zero attached hydrogens (tertiary/aromatic N) is 1. The van der Waals surface area contributed by atoms with Crippen molar-refractivity contribution in [3.05, 3.63) is 54.1 Å². The molecule has 0 bridgehead atoms. The highest BCUT2D eigenvalue weighted by Crippen LogP contribution is 2.29. The Morgan fingerprint density at radius 2 is 1.74 bits per heavy atom. The lowest BCUT2D eigenvalue weighted by molar-refractivity contribution is -0.116. The van der Waals surface area contributed by atoms with E-state index in [1.807, 2.05) is 30.3 Å². The normalized spacial score (nSPS) is 11.4. The van der Waals surface area contributed by atoms with Crippen LogP contribution in [0.15, 0.2) is 53.4 Å². The summed E-state index contributed by atoms with van der Waals surface area (Å²) in [6.07, 6.45) is 0.895. The lowest BCUT2D eigenvalue weighted by Crippen LogP contribution is -2.30. The molecule has 0 aliphatic rings. The first kappa shape index (κ1) is 20.9. The molecule has 0 aliphatic carbocycles. The van der Waals surface area contributed by atoms with Crippen LogP contribution in [0.4, 0.5) is 5.69 Å². The summed E-state index contributed by atoms with van der Waals surface area (Å²) >= 11 is 0. The Balaban J connectivity index is 2.18. The van der Waals surface area contributed by atoms with Gasteiger partial charge in [0, 0.05) is 19.5 Å². The molecular formula is C20H26N2O4S. The number of aryl methyl sites for hydroxylation is 1. The molecule has 0 spiro atoms. The summed E-state index contributed by atoms with van der Waals surface area (Å²) in [7, 11) is -2.13. The molecule has 1 amide bonds. The number of hydrogen-bond acceptors (Lipinski definition) is 4. The highest BCUT2D eigenvalue weighted by molar-refractivity contribution is 7.89. The highest BCUT2D eigenvalue weighted by atomic mass is 32.2. The van der Waals surface area contributed by atoms with E-state index in [4.69, 9.17) is 4.74 Å². The summed E-state index contributed by atoms with van der Waals surface area (Å²) in [4.78, 5) is 12.5. The van der Waals surface area contributed by atoms with E-state index in [0.29, 0.717) is 37.4 Å². The van der Waals surface area contributed by atoms with Crippen LogP contribution in [0.3, 0.4) is 0 Å². The smallest absolute Gasteiger partial charge is 0.243 e. The molecule has 7 heteroatoms. The van der Waals surface area contributed by atoms with Crippen molar-refractivity contribution in [2.45, 2.75) is 31.6 Å². The average molecular weight is 391 g/mol. The minimum Gasteiger partial charge on any atom is -0.495 e. The van der Waals surface area contributed by atoms with Crippen molar-refractivity contribution in [3.63, 3.8) is 0 Å². The second-order valence-electron chi connectivity index (χ2n) is 5.99. The van der Waals surface area contributed by atoms with E-state index in [2.05, 4.69) is 5.32 Å². The molecule has 0 heterocycles. The number of hydrogen-bond donors (Lipinski definition) is 1. The first-order valence-corrected chi connectivity index (χ1v) is 10.4. The van der Waals surface area contributed by atoms with Gasteiger partial charge in [-0.1, -0.05) is 44.2 Å². The van der Waals surface area contributed by atoms with Crippen molar-refractivity contribution in [1.29, 1.82) is 0 Å². The second kappa shape index (κ2) is 9.53. The maximum absolute atomic E-state index is 12.7. The Hall–Kier alpha value is -2.38. The third-order valence-electron chi connectivity index (χ3n) is 4.27. The predicted molar refractivity (Wildman–Crippen MR) is 106 cm³/mol. The van der Waals surface area contributed by atoms with Crippen molar-refractivity contribution >= 4 is 21.6 Å². The van der Waals surface area contributed by atoms with Crippen LogP contribution in [0.2, 0.25) is 0 Å². The number of nitrogens with one attached hydrogen (secondary N) is 1. The van der Waals surface area contributed by atoms with Crippen molar-refractivity contribution in [2.75, 3.05) is 25.5 Å². The fourth-order valence-electron chi connectivity index (χ4n) is 2.77. The molecule has 1 N–H and O–H groups in total. The first-order valence-electron chi connectivity index (χ1n) is 8.94. The molecule has 0 fully saturated rings. The minimum absolute atomic E-state index is 0.130. The fraction of sp³-hybridized carbons (Fsp3) is 0.350. The van der Waals surface area contributed by atoms with E-state index in [-0.39, 0.29) is 10.8 Å². The monoisotopic (exact) mass is 390 g/mol. The maximum Gasteiger partial charge on any atom is 0.243 e. The van der Waals surface area contributed by atoms with E-state index in [1.165, 1.54) is 23.5 Å². The molecule has 0 aliphatic heterocycles. The number of amides is 1. The lowest BCUT2D eigenvalue weighted by atomic mass is 10.1. The van der Waals surface area contributed by atoms with E-state index in [1.54, 1.807) is 19.9 Å². The zero-order valence-electron chi connectivity index (χ0n) is 15.9. The highest BCUT2D eigenvalue weighted by Gasteiger charge is 2.23. The molecular weight excluding hydrogens is 364 g/mol. The number of anilines is 1. The zero-order chi connectivity index (χ0) is 19.9. The minimum atomic E-state index is -3.61. The lowest BCUT2D eigenvalue weighted by Gasteiger charge is -2.19. The molecule has 0 aromatic heterocycles. The maximum atomic E-state index is 12.7. The van der Waals surface area contributed by atoms with Crippen molar-refractivity contribution in [1.82, 2.24) is 4.31 Å². The van der Waals surface area contributed by atoms with Crippen molar-refractivity contribution in [3.8, 4) is 5.75 Å². The van der Waals surface area contributed by atoms with E-state index < -0.39 is 10.0 Å². The number of carbonyl (C=O) groups excluding carboxylic acids is 1. The van der Waals surface area contributed by atoms with Crippen LogP contribution >= 0.6 is 0 Å². The Morgan fingerprint density at radius 1 is 1.07 bits per heavy atom. The largest absolute Gasteiger partial charge is 0.495 e. The summed E-state index contributed by atoms with van der Waals surface area (Å²) in [5, 5.41) is 2.77. The number of carbonyl (C=O) groups is 1. The van der Waals surface area contributed by atoms with Gasteiger partial charge in [0.05, 0.1) is 17.7 Å². The molecule has 2 aromatic rings. The number of methoxy groups -OCH3 is 1. The predicted octanol–water partition coefficient (Wildman–Crippen LogP) is 3.30. The van der Waals surface area contributed by atoms with E-state index in [0.717, 1.165) is 5.56 Å². The molecule has 0 saturated heterocycles. The van der Waals surface area contributed by atoms with Gasteiger partial charge >= 0.3 is 0 Å². The Kier molecular flexibility index (Phi) is 7.38. The third kappa shape index (κ3) is 5.30. The number of rotatable bonds is 9. The zero-order valence-corrected chi connectivity index (χ0v) is 16.8. The number of ether oxygens (including phenoxy) is 1. The van der Waals surface area contributed by atoms with Crippen molar-refractivity contribution in [2.24, 2.45) is 0 Å². The average Bonchev–Trinajstić information content (AvgIpc) is 2.68. The third-order valence-corrected chi connectivity index (χ3v) is 6.32. The van der Waals surface area contributed by atoms with Gasteiger partial charge < -0.3 is 10.1 Å². The van der Waals surface area contributed by atoms with Gasteiger partial charge in [-0.05, 0) is 30.2 Å². The van der Waals surface area contributed by atoms with Gasteiger partial charge in [-0.3, -0.25) is 4.79 Å². The molecule has 2 rings (SSSR count). The summed E-state index contributed by atoms with van der Waals surface area (Å²) in [5.41, 5.74) is 1.42. The van der Waals surface area contributed by atoms with Gasteiger partial charge in [-0.15, -0.1) is 0 Å². The Morgan fingerprint density at radius 3 is 2.33 bits per heavy atom. The standard InChI is InChI=1S/C20H26N2O4S/c1-4-22(5-2)27(24,25)17-12-13-19(26-3)18(15-17)21-20(23)14-11-16-9-7-6-8-10-16/h6-10,12-13,15H,4-5,11,14H2,1-3H3,(H,21,23). The molecule has 6 nitrogen and oxygen atoms in total. The van der Waals surface area contributed by atoms with E-state index in [9.17, 15) is 13.2 Å². The summed E-state index contributed by atoms with van der Waals surface area (Å²) in [6.45, 7) is 4.33. The van der Waals surface area contributed by atoms with Crippen LogP contribution in [0.1, 0.15) is 25.8 Å². The first-order chi connectivity index (χ1) is 12.9. The van der Waals surface area contributed by atoms with Gasteiger partial charge in [-0.25, -0.2) is 8.42 Å². The van der Waals surface area contributed by atoms with Crippen LogP contribution in [0, 0.1) is 0 Å². The number of sulfonamides is 1. The Labute approximate surface area is 161 Å². The summed E-state index contributed by atoms with van der Waals surface area (Å²) < 4.78 is 32.1. The molecule has 27 heavy (non-hydrogen) atoms. The SMILES string of the molecule is CCN(CC)S(=O)(=O)c1ccc(OC)c(NC(=O)CCc2ccccc2)c1. The van der Waals surface area contributed by atoms with Gasteiger partial charge in [-0.2, -0.15) is 4.31 Å². The fourth-order valence-corrected chi connectivity index (χ4v) is 4.26. The Bertz CT molecular complexity index is 863. The summed E-state index contributed by atoms with van der Waals surface area (Å²) in [6, 6.07) is 14.2. The van der Waals surface area contributed by atoms with Crippen LogP contribution in [-0.2, 0) is 21.2 Å². The quantitative estimate of drug-likeness (QED) is 0.713. The van der Waals surface area contributed by atoms with Gasteiger partial charge in [0.1, 0.15) is 5.75 Å². The molecule has 0 radical (unpaired) electrons. The van der Waals surface area contributed by atoms with Gasteiger partial charge in [0.25, 0.3) is 0 Å². The molecule has 0 saturated carbocycles. The number of benzene rings is 2. The van der Waals surface area contributed by atoms with Gasteiger partial charge in [0.15, 0.2) is 0 Å². The second-order valence-corrected chi connectivity index (χ2v) is 7.92. The van der Waals surface area contributed by atoms with E-state index >= 15 is 0 Å².